The lowest BCUT2D eigenvalue weighted by atomic mass is 10.3. The number of aliphatic imine (C=N–C) groups is 2. The van der Waals surface area contributed by atoms with Crippen molar-refractivity contribution in [2.75, 3.05) is 13.2 Å². The quantitative estimate of drug-likeness (QED) is 0.721. The third kappa shape index (κ3) is 5.36. The zero-order chi connectivity index (χ0) is 15.2. The zero-order valence-corrected chi connectivity index (χ0v) is 14.6. The highest BCUT2D eigenvalue weighted by atomic mass is 79.9. The Kier molecular flexibility index (Phi) is 7.43. The first kappa shape index (κ1) is 18.5. The van der Waals surface area contributed by atoms with Crippen LogP contribution in [0.15, 0.2) is 34.3 Å². The van der Waals surface area contributed by atoms with Crippen LogP contribution in [0.3, 0.4) is 0 Å². The first-order chi connectivity index (χ1) is 10.1. The molecule has 1 aliphatic heterocycles. The molecule has 1 aromatic rings. The summed E-state index contributed by atoms with van der Waals surface area (Å²) in [6, 6.07) is 7.20. The predicted molar refractivity (Wildman–Crippen MR) is 92.4 cm³/mol. The molecular formula is C13H19BrClN5O2. The number of hydrogen-bond donors (Lipinski definition) is 2. The van der Waals surface area contributed by atoms with E-state index in [-0.39, 0.29) is 35.1 Å². The maximum Gasteiger partial charge on any atom is 0.225 e. The molecule has 0 radical (unpaired) electrons. The highest BCUT2D eigenvalue weighted by molar-refractivity contribution is 8.93. The zero-order valence-electron chi connectivity index (χ0n) is 12.1. The van der Waals surface area contributed by atoms with Crippen LogP contribution < -0.4 is 16.2 Å². The second-order valence-electron chi connectivity index (χ2n) is 4.40. The molecule has 0 fully saturated rings. The summed E-state index contributed by atoms with van der Waals surface area (Å²) < 4.78 is 5.55. The lowest BCUT2D eigenvalue weighted by Gasteiger charge is -2.28. The van der Waals surface area contributed by atoms with Gasteiger partial charge >= 0.3 is 0 Å². The Balaban J connectivity index is 0.00000242. The molecule has 22 heavy (non-hydrogen) atoms. The molecule has 1 unspecified atom stereocenters. The van der Waals surface area contributed by atoms with Crippen LogP contribution in [0.5, 0.6) is 5.75 Å². The minimum Gasteiger partial charge on any atom is -0.494 e. The summed E-state index contributed by atoms with van der Waals surface area (Å²) in [5, 5.41) is 2.11. The minimum atomic E-state index is -0.292. The monoisotopic (exact) mass is 391 g/mol. The molecule has 7 nitrogen and oxygen atoms in total. The molecule has 0 aromatic heterocycles. The van der Waals surface area contributed by atoms with E-state index in [1.54, 1.807) is 12.1 Å². The standard InChI is InChI=1S/C13H18ClN5O2.BrH/c1-9-17-12(15)18-13(16)19(9)21-8-2-7-20-11-5-3-10(14)4-6-11;/h3-6,9H,2,7-8H2,1H3,(H4,15,16,17,18);1H. The molecule has 1 aliphatic rings. The molecule has 0 saturated heterocycles. The van der Waals surface area contributed by atoms with E-state index < -0.39 is 0 Å². The Labute approximate surface area is 144 Å². The number of rotatable bonds is 6. The van der Waals surface area contributed by atoms with Crippen molar-refractivity contribution in [3.63, 3.8) is 0 Å². The van der Waals surface area contributed by atoms with E-state index >= 15 is 0 Å². The number of hydrogen-bond acceptors (Lipinski definition) is 7. The van der Waals surface area contributed by atoms with Crippen LogP contribution in [0.25, 0.3) is 0 Å². The summed E-state index contributed by atoms with van der Waals surface area (Å²) in [5.41, 5.74) is 11.2. The Bertz CT molecular complexity index is 538. The normalized spacial score (nSPS) is 17.4. The van der Waals surface area contributed by atoms with Crippen molar-refractivity contribution in [2.45, 2.75) is 19.5 Å². The number of halogens is 2. The molecule has 2 rings (SSSR count). The summed E-state index contributed by atoms with van der Waals surface area (Å²) in [5.74, 6) is 1.13. The topological polar surface area (TPSA) is 98.5 Å². The van der Waals surface area contributed by atoms with E-state index in [1.165, 1.54) is 5.06 Å². The van der Waals surface area contributed by atoms with Crippen molar-refractivity contribution in [2.24, 2.45) is 21.5 Å². The molecule has 0 aliphatic carbocycles. The van der Waals surface area contributed by atoms with Gasteiger partial charge in [-0.15, -0.1) is 17.0 Å². The molecule has 1 atom stereocenters. The van der Waals surface area contributed by atoms with E-state index in [1.807, 2.05) is 19.1 Å². The molecular weight excluding hydrogens is 374 g/mol. The maximum absolute atomic E-state index is 5.80. The van der Waals surface area contributed by atoms with E-state index in [0.29, 0.717) is 24.7 Å². The minimum absolute atomic E-state index is 0. The largest absolute Gasteiger partial charge is 0.494 e. The van der Waals surface area contributed by atoms with Gasteiger partial charge in [-0.05, 0) is 31.2 Å². The van der Waals surface area contributed by atoms with Crippen molar-refractivity contribution in [3.05, 3.63) is 29.3 Å². The second-order valence-corrected chi connectivity index (χ2v) is 4.84. The first-order valence-electron chi connectivity index (χ1n) is 6.54. The van der Waals surface area contributed by atoms with Crippen molar-refractivity contribution >= 4 is 40.5 Å². The van der Waals surface area contributed by atoms with Gasteiger partial charge in [0.05, 0.1) is 13.2 Å². The molecule has 1 aromatic carbocycles. The third-order valence-electron chi connectivity index (χ3n) is 2.71. The number of guanidine groups is 2. The molecule has 1 heterocycles. The number of ether oxygens (including phenoxy) is 1. The van der Waals surface area contributed by atoms with Crippen LogP contribution in [-0.4, -0.2) is 36.4 Å². The fourth-order valence-corrected chi connectivity index (χ4v) is 1.87. The van der Waals surface area contributed by atoms with Gasteiger partial charge in [0.15, 0.2) is 0 Å². The highest BCUT2D eigenvalue weighted by Crippen LogP contribution is 2.15. The molecule has 0 bridgehead atoms. The molecule has 9 heteroatoms. The summed E-state index contributed by atoms with van der Waals surface area (Å²) in [6.07, 6.45) is 0.401. The predicted octanol–water partition coefficient (Wildman–Crippen LogP) is 1.91. The third-order valence-corrected chi connectivity index (χ3v) is 2.97. The molecule has 0 amide bonds. The lowest BCUT2D eigenvalue weighted by Crippen LogP contribution is -2.47. The average Bonchev–Trinajstić information content (AvgIpc) is 2.43. The summed E-state index contributed by atoms with van der Waals surface area (Å²) in [7, 11) is 0. The lowest BCUT2D eigenvalue weighted by molar-refractivity contribution is -0.126. The second kappa shape index (κ2) is 8.82. The highest BCUT2D eigenvalue weighted by Gasteiger charge is 2.21. The summed E-state index contributed by atoms with van der Waals surface area (Å²) in [4.78, 5) is 13.4. The number of hydroxylamine groups is 2. The molecule has 0 spiro atoms. The van der Waals surface area contributed by atoms with Gasteiger partial charge in [-0.2, -0.15) is 10.1 Å². The van der Waals surface area contributed by atoms with Crippen molar-refractivity contribution < 1.29 is 9.57 Å². The number of nitrogens with two attached hydrogens (primary N) is 2. The van der Waals surface area contributed by atoms with Gasteiger partial charge in [0.2, 0.25) is 11.9 Å². The molecule has 0 saturated carbocycles. The van der Waals surface area contributed by atoms with Crippen molar-refractivity contribution in [1.82, 2.24) is 5.06 Å². The van der Waals surface area contributed by atoms with Crippen LogP contribution >= 0.6 is 28.6 Å². The maximum atomic E-state index is 5.80. The van der Waals surface area contributed by atoms with Gasteiger partial charge in [0.25, 0.3) is 0 Å². The number of nitrogens with zero attached hydrogens (tertiary/aromatic N) is 3. The molecule has 122 valence electrons. The van der Waals surface area contributed by atoms with E-state index in [9.17, 15) is 0 Å². The van der Waals surface area contributed by atoms with Crippen LogP contribution in [-0.2, 0) is 4.84 Å². The Morgan fingerprint density at radius 1 is 1.23 bits per heavy atom. The van der Waals surface area contributed by atoms with E-state index in [2.05, 4.69) is 9.98 Å². The van der Waals surface area contributed by atoms with Crippen molar-refractivity contribution in [3.8, 4) is 5.75 Å². The van der Waals surface area contributed by atoms with Gasteiger partial charge in [-0.25, -0.2) is 4.99 Å². The van der Waals surface area contributed by atoms with Gasteiger partial charge in [0, 0.05) is 11.4 Å². The number of benzene rings is 1. The fraction of sp³-hybridized carbons (Fsp3) is 0.385. The smallest absolute Gasteiger partial charge is 0.225 e. The van der Waals surface area contributed by atoms with Gasteiger partial charge in [0.1, 0.15) is 11.9 Å². The fourth-order valence-electron chi connectivity index (χ4n) is 1.75. The van der Waals surface area contributed by atoms with Gasteiger partial charge in [-0.3, -0.25) is 4.84 Å². The Morgan fingerprint density at radius 3 is 2.55 bits per heavy atom. The van der Waals surface area contributed by atoms with Crippen LogP contribution in [0.4, 0.5) is 0 Å². The average molecular weight is 393 g/mol. The van der Waals surface area contributed by atoms with Gasteiger partial charge in [-0.1, -0.05) is 11.6 Å². The summed E-state index contributed by atoms with van der Waals surface area (Å²) >= 11 is 5.80. The van der Waals surface area contributed by atoms with Crippen LogP contribution in [0, 0.1) is 0 Å². The Morgan fingerprint density at radius 2 is 1.91 bits per heavy atom. The molecule has 4 N–H and O–H groups in total. The van der Waals surface area contributed by atoms with Crippen molar-refractivity contribution in [1.29, 1.82) is 0 Å². The van der Waals surface area contributed by atoms with Crippen LogP contribution in [0.1, 0.15) is 13.3 Å². The van der Waals surface area contributed by atoms with Gasteiger partial charge < -0.3 is 16.2 Å². The SMILES string of the molecule is Br.CC1N=C(N)N=C(N)N1OCCCOc1ccc(Cl)cc1. The van der Waals surface area contributed by atoms with E-state index in [0.717, 1.165) is 5.75 Å². The van der Waals surface area contributed by atoms with Crippen LogP contribution in [0.2, 0.25) is 5.02 Å². The Hall–Kier alpha value is -1.51. The summed E-state index contributed by atoms with van der Waals surface area (Å²) in [6.45, 7) is 2.77. The first-order valence-corrected chi connectivity index (χ1v) is 6.92. The van der Waals surface area contributed by atoms with E-state index in [4.69, 9.17) is 32.6 Å².